The fourth-order valence-electron chi connectivity index (χ4n) is 1.97. The number of carbonyl (C=O) groups is 1. The number of benzene rings is 1. The molecule has 0 amide bonds. The lowest BCUT2D eigenvalue weighted by atomic mass is 10.00. The summed E-state index contributed by atoms with van der Waals surface area (Å²) in [5, 5.41) is 9.29. The molecule has 2 rings (SSSR count). The molecule has 21 heavy (non-hydrogen) atoms. The molecule has 2 aromatic rings. The normalized spacial score (nSPS) is 12.0. The summed E-state index contributed by atoms with van der Waals surface area (Å²) < 4.78 is 5.44. The molecular formula is C15H16N2O4. The molecule has 1 aromatic carbocycles. The molecular weight excluding hydrogens is 272 g/mol. The van der Waals surface area contributed by atoms with Gasteiger partial charge in [0.05, 0.1) is 13.2 Å². The van der Waals surface area contributed by atoms with Gasteiger partial charge in [0.25, 0.3) is 5.56 Å². The number of carboxylic acids is 1. The van der Waals surface area contributed by atoms with Crippen LogP contribution in [0.25, 0.3) is 0 Å². The Bertz CT molecular complexity index is 667. The number of hydrogen-bond acceptors (Lipinski definition) is 4. The van der Waals surface area contributed by atoms with Crippen molar-refractivity contribution in [3.63, 3.8) is 0 Å². The van der Waals surface area contributed by atoms with Gasteiger partial charge < -0.3 is 20.6 Å². The van der Waals surface area contributed by atoms with Crippen LogP contribution in [0, 0.1) is 0 Å². The molecule has 4 N–H and O–H groups in total. The first-order valence-corrected chi connectivity index (χ1v) is 6.41. The van der Waals surface area contributed by atoms with E-state index in [1.54, 1.807) is 0 Å². The molecule has 0 saturated carbocycles. The van der Waals surface area contributed by atoms with E-state index in [0.717, 1.165) is 5.56 Å². The van der Waals surface area contributed by atoms with E-state index < -0.39 is 17.4 Å². The van der Waals surface area contributed by atoms with Gasteiger partial charge in [0, 0.05) is 6.20 Å². The van der Waals surface area contributed by atoms with Crippen LogP contribution in [0.4, 0.5) is 5.69 Å². The molecule has 0 bridgehead atoms. The summed E-state index contributed by atoms with van der Waals surface area (Å²) in [6.07, 6.45) is 1.38. The fraction of sp³-hybridized carbons (Fsp3) is 0.200. The van der Waals surface area contributed by atoms with Crippen LogP contribution < -0.4 is 11.3 Å². The van der Waals surface area contributed by atoms with Crippen molar-refractivity contribution in [2.75, 3.05) is 12.3 Å². The summed E-state index contributed by atoms with van der Waals surface area (Å²) in [7, 11) is 0. The van der Waals surface area contributed by atoms with Crippen LogP contribution in [0.1, 0.15) is 17.0 Å². The van der Waals surface area contributed by atoms with Gasteiger partial charge in [-0.1, -0.05) is 30.3 Å². The van der Waals surface area contributed by atoms with Crippen LogP contribution in [0.5, 0.6) is 0 Å². The van der Waals surface area contributed by atoms with Gasteiger partial charge in [-0.3, -0.25) is 9.59 Å². The van der Waals surface area contributed by atoms with Gasteiger partial charge in [0.15, 0.2) is 0 Å². The Kier molecular flexibility index (Phi) is 4.73. The Morgan fingerprint density at radius 1 is 1.29 bits per heavy atom. The van der Waals surface area contributed by atoms with E-state index in [9.17, 15) is 14.7 Å². The molecule has 1 atom stereocenters. The number of pyridine rings is 1. The van der Waals surface area contributed by atoms with Crippen LogP contribution in [0.15, 0.2) is 47.4 Å². The Morgan fingerprint density at radius 2 is 2.00 bits per heavy atom. The fourth-order valence-corrected chi connectivity index (χ4v) is 1.97. The molecule has 0 spiro atoms. The number of aromatic nitrogens is 1. The van der Waals surface area contributed by atoms with Crippen LogP contribution >= 0.6 is 0 Å². The van der Waals surface area contributed by atoms with Crippen LogP contribution in [-0.2, 0) is 16.1 Å². The van der Waals surface area contributed by atoms with Crippen molar-refractivity contribution in [2.24, 2.45) is 0 Å². The molecule has 1 heterocycles. The highest BCUT2D eigenvalue weighted by atomic mass is 16.5. The third-order valence-corrected chi connectivity index (χ3v) is 3.10. The van der Waals surface area contributed by atoms with Gasteiger partial charge in [-0.15, -0.1) is 0 Å². The number of carboxylic acid groups (broad SMARTS) is 1. The first-order chi connectivity index (χ1) is 10.1. The zero-order chi connectivity index (χ0) is 15.2. The maximum Gasteiger partial charge on any atom is 0.313 e. The SMILES string of the molecule is Nc1c(C(COCc2ccccc2)C(=O)O)cc[nH]c1=O. The van der Waals surface area contributed by atoms with E-state index in [2.05, 4.69) is 4.98 Å². The molecule has 0 fully saturated rings. The van der Waals surface area contributed by atoms with E-state index in [0.29, 0.717) is 6.61 Å². The number of nitrogen functional groups attached to an aromatic ring is 1. The molecule has 0 aliphatic heterocycles. The van der Waals surface area contributed by atoms with Crippen LogP contribution in [-0.4, -0.2) is 22.7 Å². The van der Waals surface area contributed by atoms with Crippen LogP contribution in [0.2, 0.25) is 0 Å². The van der Waals surface area contributed by atoms with Gasteiger partial charge >= 0.3 is 5.97 Å². The van der Waals surface area contributed by atoms with Gasteiger partial charge in [-0.25, -0.2) is 0 Å². The second-order valence-electron chi connectivity index (χ2n) is 4.57. The van der Waals surface area contributed by atoms with Crippen molar-refractivity contribution < 1.29 is 14.6 Å². The summed E-state index contributed by atoms with van der Waals surface area (Å²) in [6.45, 7) is 0.242. The predicted octanol–water partition coefficient (Wildman–Crippen LogP) is 1.34. The standard InChI is InChI=1S/C15H16N2O4/c16-13-11(6-7-17-14(13)18)12(15(19)20)9-21-8-10-4-2-1-3-5-10/h1-7,12H,8-9,16H2,(H,17,18)(H,19,20). The molecule has 0 saturated heterocycles. The number of hydrogen-bond donors (Lipinski definition) is 3. The Labute approximate surface area is 121 Å². The average Bonchev–Trinajstić information content (AvgIpc) is 2.48. The van der Waals surface area contributed by atoms with Crippen molar-refractivity contribution in [3.05, 3.63) is 64.1 Å². The molecule has 0 aliphatic carbocycles. The van der Waals surface area contributed by atoms with Gasteiger partial charge in [-0.05, 0) is 17.2 Å². The average molecular weight is 288 g/mol. The number of nitrogens with one attached hydrogen (secondary N) is 1. The smallest absolute Gasteiger partial charge is 0.313 e. The quantitative estimate of drug-likeness (QED) is 0.744. The topological polar surface area (TPSA) is 105 Å². The highest BCUT2D eigenvalue weighted by molar-refractivity contribution is 5.78. The Balaban J connectivity index is 2.08. The minimum absolute atomic E-state index is 0.0577. The summed E-state index contributed by atoms with van der Waals surface area (Å²) in [5.74, 6) is -2.06. The molecule has 0 radical (unpaired) electrons. The summed E-state index contributed by atoms with van der Waals surface area (Å²) in [4.78, 5) is 25.2. The summed E-state index contributed by atoms with van der Waals surface area (Å²) in [6, 6.07) is 10.9. The van der Waals surface area contributed by atoms with Crippen molar-refractivity contribution in [1.82, 2.24) is 4.98 Å². The highest BCUT2D eigenvalue weighted by Gasteiger charge is 2.23. The van der Waals surface area contributed by atoms with E-state index >= 15 is 0 Å². The third-order valence-electron chi connectivity index (χ3n) is 3.10. The number of aliphatic carboxylic acids is 1. The maximum absolute atomic E-state index is 11.4. The first-order valence-electron chi connectivity index (χ1n) is 6.41. The number of aromatic amines is 1. The zero-order valence-corrected chi connectivity index (χ0v) is 11.3. The van der Waals surface area contributed by atoms with Gasteiger partial charge in [0.2, 0.25) is 0 Å². The maximum atomic E-state index is 11.4. The minimum Gasteiger partial charge on any atom is -0.481 e. The highest BCUT2D eigenvalue weighted by Crippen LogP contribution is 2.20. The summed E-state index contributed by atoms with van der Waals surface area (Å²) >= 11 is 0. The zero-order valence-electron chi connectivity index (χ0n) is 11.3. The van der Waals surface area contributed by atoms with Crippen molar-refractivity contribution >= 4 is 11.7 Å². The Hall–Kier alpha value is -2.60. The van der Waals surface area contributed by atoms with E-state index in [1.165, 1.54) is 12.3 Å². The van der Waals surface area contributed by atoms with E-state index in [4.69, 9.17) is 10.5 Å². The lowest BCUT2D eigenvalue weighted by Gasteiger charge is -2.14. The first kappa shape index (κ1) is 14.8. The number of anilines is 1. The van der Waals surface area contributed by atoms with Crippen molar-refractivity contribution in [3.8, 4) is 0 Å². The molecule has 1 unspecified atom stereocenters. The van der Waals surface area contributed by atoms with Crippen molar-refractivity contribution in [1.29, 1.82) is 0 Å². The van der Waals surface area contributed by atoms with Gasteiger partial charge in [-0.2, -0.15) is 0 Å². The molecule has 110 valence electrons. The number of rotatable bonds is 6. The van der Waals surface area contributed by atoms with E-state index in [-0.39, 0.29) is 17.9 Å². The second kappa shape index (κ2) is 6.71. The minimum atomic E-state index is -1.08. The molecule has 1 aromatic heterocycles. The molecule has 0 aliphatic rings. The van der Waals surface area contributed by atoms with E-state index in [1.807, 2.05) is 30.3 Å². The number of H-pyrrole nitrogens is 1. The lowest BCUT2D eigenvalue weighted by Crippen LogP contribution is -2.23. The predicted molar refractivity (Wildman–Crippen MR) is 77.9 cm³/mol. The monoisotopic (exact) mass is 288 g/mol. The molecule has 6 heteroatoms. The van der Waals surface area contributed by atoms with Gasteiger partial charge in [0.1, 0.15) is 11.6 Å². The Morgan fingerprint density at radius 3 is 2.67 bits per heavy atom. The third kappa shape index (κ3) is 3.70. The molecule has 6 nitrogen and oxygen atoms in total. The number of nitrogens with two attached hydrogens (primary N) is 1. The summed E-state index contributed by atoms with van der Waals surface area (Å²) in [5.41, 5.74) is 6.26. The second-order valence-corrected chi connectivity index (χ2v) is 4.57. The number of ether oxygens (including phenoxy) is 1. The van der Waals surface area contributed by atoms with Crippen LogP contribution in [0.3, 0.4) is 0 Å². The lowest BCUT2D eigenvalue weighted by molar-refractivity contribution is -0.140. The van der Waals surface area contributed by atoms with Crippen molar-refractivity contribution in [2.45, 2.75) is 12.5 Å². The largest absolute Gasteiger partial charge is 0.481 e.